The predicted molar refractivity (Wildman–Crippen MR) is 64.3 cm³/mol. The summed E-state index contributed by atoms with van der Waals surface area (Å²) in [6.45, 7) is 0. The molecule has 1 amide bonds. The Labute approximate surface area is 109 Å². The number of alkyl carbamates (subject to hydrolysis) is 1. The van der Waals surface area contributed by atoms with Gasteiger partial charge in [-0.1, -0.05) is 30.3 Å². The van der Waals surface area contributed by atoms with Gasteiger partial charge < -0.3 is 15.2 Å². The Morgan fingerprint density at radius 1 is 1.32 bits per heavy atom. The van der Waals surface area contributed by atoms with Gasteiger partial charge in [0.05, 0.1) is 5.92 Å². The standard InChI is InChI=1S/C13H13NO5/c15-11(16)9(6-8-4-2-1-3-5-8)7-10-12(17)19-13(18)14-10/h1-5,9-10H,6-7H2,(H,14,18)(H,15,16)/t9?,10-/m1/s1. The zero-order valence-electron chi connectivity index (χ0n) is 10.0. The number of aliphatic carboxylic acids is 1. The quantitative estimate of drug-likeness (QED) is 0.609. The second-order valence-corrected chi connectivity index (χ2v) is 4.37. The van der Waals surface area contributed by atoms with E-state index in [4.69, 9.17) is 0 Å². The van der Waals surface area contributed by atoms with Crippen molar-refractivity contribution >= 4 is 18.0 Å². The van der Waals surface area contributed by atoms with E-state index in [0.29, 0.717) is 6.42 Å². The van der Waals surface area contributed by atoms with Crippen molar-refractivity contribution in [2.45, 2.75) is 18.9 Å². The van der Waals surface area contributed by atoms with Crippen LogP contribution in [0.4, 0.5) is 4.79 Å². The fourth-order valence-corrected chi connectivity index (χ4v) is 2.00. The number of cyclic esters (lactones) is 2. The minimum Gasteiger partial charge on any atom is -0.481 e. The summed E-state index contributed by atoms with van der Waals surface area (Å²) < 4.78 is 4.32. The maximum Gasteiger partial charge on any atom is 0.415 e. The molecule has 0 radical (unpaired) electrons. The number of carbonyl (C=O) groups excluding carboxylic acids is 2. The molecule has 1 aromatic carbocycles. The van der Waals surface area contributed by atoms with E-state index >= 15 is 0 Å². The number of amides is 1. The minimum absolute atomic E-state index is 0.0226. The van der Waals surface area contributed by atoms with Crippen molar-refractivity contribution in [3.63, 3.8) is 0 Å². The number of rotatable bonds is 5. The smallest absolute Gasteiger partial charge is 0.415 e. The molecular weight excluding hydrogens is 250 g/mol. The second kappa shape index (κ2) is 5.51. The normalized spacial score (nSPS) is 19.7. The van der Waals surface area contributed by atoms with Crippen molar-refractivity contribution < 1.29 is 24.2 Å². The van der Waals surface area contributed by atoms with Crippen LogP contribution < -0.4 is 5.32 Å². The highest BCUT2D eigenvalue weighted by Crippen LogP contribution is 2.17. The number of benzene rings is 1. The third-order valence-electron chi connectivity index (χ3n) is 2.96. The molecule has 0 spiro atoms. The van der Waals surface area contributed by atoms with Crippen molar-refractivity contribution in [3.05, 3.63) is 35.9 Å². The van der Waals surface area contributed by atoms with Gasteiger partial charge in [0.25, 0.3) is 0 Å². The SMILES string of the molecule is O=C1N[C@H](CC(Cc2ccccc2)C(=O)O)C(=O)O1. The zero-order valence-corrected chi connectivity index (χ0v) is 10.0. The lowest BCUT2D eigenvalue weighted by Crippen LogP contribution is -2.34. The van der Waals surface area contributed by atoms with E-state index in [0.717, 1.165) is 5.56 Å². The van der Waals surface area contributed by atoms with Gasteiger partial charge in [-0.3, -0.25) is 4.79 Å². The molecule has 0 aliphatic carbocycles. The first kappa shape index (κ1) is 13.1. The van der Waals surface area contributed by atoms with Crippen molar-refractivity contribution in [1.82, 2.24) is 5.32 Å². The van der Waals surface area contributed by atoms with Gasteiger partial charge >= 0.3 is 18.0 Å². The van der Waals surface area contributed by atoms with Crippen LogP contribution in [0.1, 0.15) is 12.0 Å². The first-order valence-corrected chi connectivity index (χ1v) is 5.85. The number of carboxylic acids is 1. The highest BCUT2D eigenvalue weighted by molar-refractivity contribution is 5.95. The molecule has 2 rings (SSSR count). The highest BCUT2D eigenvalue weighted by atomic mass is 16.6. The first-order valence-electron chi connectivity index (χ1n) is 5.85. The summed E-state index contributed by atoms with van der Waals surface area (Å²) in [6, 6.07) is 8.24. The molecule has 1 heterocycles. The fourth-order valence-electron chi connectivity index (χ4n) is 2.00. The van der Waals surface area contributed by atoms with E-state index in [1.165, 1.54) is 0 Å². The summed E-state index contributed by atoms with van der Waals surface area (Å²) in [5, 5.41) is 11.5. The van der Waals surface area contributed by atoms with Crippen LogP contribution in [0, 0.1) is 5.92 Å². The maximum atomic E-state index is 11.3. The Morgan fingerprint density at radius 3 is 2.53 bits per heavy atom. The Morgan fingerprint density at radius 2 is 2.00 bits per heavy atom. The molecule has 2 atom stereocenters. The first-order chi connectivity index (χ1) is 9.06. The molecular formula is C13H13NO5. The summed E-state index contributed by atoms with van der Waals surface area (Å²) in [6.07, 6.45) is -0.496. The Kier molecular flexibility index (Phi) is 3.79. The van der Waals surface area contributed by atoms with Crippen LogP contribution >= 0.6 is 0 Å². The molecule has 0 bridgehead atoms. The van der Waals surface area contributed by atoms with Gasteiger partial charge in [0, 0.05) is 0 Å². The van der Waals surface area contributed by atoms with Crippen LogP contribution in [0.3, 0.4) is 0 Å². The van der Waals surface area contributed by atoms with Gasteiger partial charge in [-0.25, -0.2) is 9.59 Å². The minimum atomic E-state index is -1.00. The Hall–Kier alpha value is -2.37. The molecule has 1 saturated heterocycles. The molecule has 1 aromatic rings. The molecule has 1 fully saturated rings. The maximum absolute atomic E-state index is 11.3. The summed E-state index contributed by atoms with van der Waals surface area (Å²) in [4.78, 5) is 33.4. The van der Waals surface area contributed by atoms with Crippen LogP contribution in [-0.4, -0.2) is 29.2 Å². The van der Waals surface area contributed by atoms with E-state index in [9.17, 15) is 19.5 Å². The van der Waals surface area contributed by atoms with Gasteiger partial charge in [-0.15, -0.1) is 0 Å². The van der Waals surface area contributed by atoms with Crippen LogP contribution in [0.5, 0.6) is 0 Å². The van der Waals surface area contributed by atoms with Crippen LogP contribution in [0.25, 0.3) is 0 Å². The largest absolute Gasteiger partial charge is 0.481 e. The van der Waals surface area contributed by atoms with Crippen LogP contribution in [-0.2, 0) is 20.7 Å². The van der Waals surface area contributed by atoms with Crippen molar-refractivity contribution in [2.75, 3.05) is 0 Å². The molecule has 1 aliphatic heterocycles. The van der Waals surface area contributed by atoms with Crippen LogP contribution in [0.15, 0.2) is 30.3 Å². The van der Waals surface area contributed by atoms with Crippen LogP contribution in [0.2, 0.25) is 0 Å². The van der Waals surface area contributed by atoms with Gasteiger partial charge in [0.2, 0.25) is 0 Å². The number of esters is 1. The summed E-state index contributed by atoms with van der Waals surface area (Å²) >= 11 is 0. The molecule has 100 valence electrons. The highest BCUT2D eigenvalue weighted by Gasteiger charge is 2.36. The molecule has 0 saturated carbocycles. The molecule has 6 heteroatoms. The van der Waals surface area contributed by atoms with Crippen molar-refractivity contribution in [3.8, 4) is 0 Å². The monoisotopic (exact) mass is 263 g/mol. The van der Waals surface area contributed by atoms with E-state index in [1.807, 2.05) is 30.3 Å². The molecule has 1 unspecified atom stereocenters. The second-order valence-electron chi connectivity index (χ2n) is 4.37. The third-order valence-corrected chi connectivity index (χ3v) is 2.96. The molecule has 6 nitrogen and oxygen atoms in total. The predicted octanol–water partition coefficient (Wildman–Crippen LogP) is 0.955. The lowest BCUT2D eigenvalue weighted by Gasteiger charge is -2.14. The molecule has 0 aromatic heterocycles. The number of carbonyl (C=O) groups is 3. The van der Waals surface area contributed by atoms with Crippen molar-refractivity contribution in [2.24, 2.45) is 5.92 Å². The Balaban J connectivity index is 2.03. The third kappa shape index (κ3) is 3.31. The topological polar surface area (TPSA) is 92.7 Å². The summed E-state index contributed by atoms with van der Waals surface area (Å²) in [5.41, 5.74) is 0.868. The summed E-state index contributed by atoms with van der Waals surface area (Å²) in [7, 11) is 0. The van der Waals surface area contributed by atoms with Gasteiger partial charge in [-0.2, -0.15) is 0 Å². The number of hydrogen-bond donors (Lipinski definition) is 2. The zero-order chi connectivity index (χ0) is 13.8. The van der Waals surface area contributed by atoms with Crippen molar-refractivity contribution in [1.29, 1.82) is 0 Å². The lowest BCUT2D eigenvalue weighted by molar-refractivity contribution is -0.142. The van der Waals surface area contributed by atoms with E-state index in [-0.39, 0.29) is 6.42 Å². The summed E-state index contributed by atoms with van der Waals surface area (Å²) in [5.74, 6) is -2.47. The number of hydrogen-bond acceptors (Lipinski definition) is 4. The molecule has 1 aliphatic rings. The molecule has 19 heavy (non-hydrogen) atoms. The number of carboxylic acid groups (broad SMARTS) is 1. The van der Waals surface area contributed by atoms with E-state index in [1.54, 1.807) is 0 Å². The molecule has 2 N–H and O–H groups in total. The number of ether oxygens (including phenoxy) is 1. The van der Waals surface area contributed by atoms with Gasteiger partial charge in [-0.05, 0) is 18.4 Å². The lowest BCUT2D eigenvalue weighted by atomic mass is 9.93. The average molecular weight is 263 g/mol. The van der Waals surface area contributed by atoms with Gasteiger partial charge in [0.15, 0.2) is 0 Å². The van der Waals surface area contributed by atoms with E-state index in [2.05, 4.69) is 10.1 Å². The Bertz CT molecular complexity index is 499. The average Bonchev–Trinajstić information content (AvgIpc) is 2.68. The fraction of sp³-hybridized carbons (Fsp3) is 0.308. The van der Waals surface area contributed by atoms with Gasteiger partial charge in [0.1, 0.15) is 6.04 Å². The van der Waals surface area contributed by atoms with E-state index < -0.39 is 30.0 Å². The number of nitrogens with one attached hydrogen (secondary N) is 1.